The van der Waals surface area contributed by atoms with Gasteiger partial charge in [-0.3, -0.25) is 9.59 Å². The van der Waals surface area contributed by atoms with Gasteiger partial charge in [-0.2, -0.15) is 0 Å². The molecule has 146 valence electrons. The van der Waals surface area contributed by atoms with Gasteiger partial charge in [0, 0.05) is 32.1 Å². The third-order valence-corrected chi connectivity index (χ3v) is 4.49. The Morgan fingerprint density at radius 3 is 2.85 bits per heavy atom. The number of nitrogens with one attached hydrogen (secondary N) is 2. The van der Waals surface area contributed by atoms with Gasteiger partial charge in [0.25, 0.3) is 5.91 Å². The SMILES string of the molecule is CC1(C)Oc2cc(NCCC(=O)N3CCOCC3)c(N=CN)cc2NC1=O. The van der Waals surface area contributed by atoms with Crippen molar-refractivity contribution in [2.75, 3.05) is 43.5 Å². The first kappa shape index (κ1) is 19.0. The number of rotatable bonds is 5. The highest BCUT2D eigenvalue weighted by atomic mass is 16.5. The molecule has 0 spiro atoms. The van der Waals surface area contributed by atoms with Crippen LogP contribution in [0.1, 0.15) is 20.3 Å². The number of fused-ring (bicyclic) bond motifs is 1. The molecule has 0 unspecified atom stereocenters. The van der Waals surface area contributed by atoms with Crippen LogP contribution in [-0.2, 0) is 14.3 Å². The number of hydrogen-bond acceptors (Lipinski definition) is 6. The second-order valence-corrected chi connectivity index (χ2v) is 6.88. The summed E-state index contributed by atoms with van der Waals surface area (Å²) >= 11 is 0. The summed E-state index contributed by atoms with van der Waals surface area (Å²) in [6.45, 7) is 6.26. The quantitative estimate of drug-likeness (QED) is 0.523. The van der Waals surface area contributed by atoms with Crippen molar-refractivity contribution >= 4 is 35.2 Å². The molecule has 9 nitrogen and oxygen atoms in total. The van der Waals surface area contributed by atoms with Crippen LogP contribution in [0.25, 0.3) is 0 Å². The maximum absolute atomic E-state index is 12.3. The zero-order chi connectivity index (χ0) is 19.4. The fourth-order valence-corrected chi connectivity index (χ4v) is 2.95. The number of aliphatic imine (C=N–C) groups is 1. The molecule has 2 aliphatic rings. The van der Waals surface area contributed by atoms with E-state index < -0.39 is 5.60 Å². The van der Waals surface area contributed by atoms with Gasteiger partial charge in [0.1, 0.15) is 5.75 Å². The first-order valence-electron chi connectivity index (χ1n) is 8.93. The highest BCUT2D eigenvalue weighted by Crippen LogP contribution is 2.41. The van der Waals surface area contributed by atoms with Gasteiger partial charge in [-0.1, -0.05) is 0 Å². The molecule has 1 aromatic rings. The molecule has 0 atom stereocenters. The van der Waals surface area contributed by atoms with E-state index in [0.717, 1.165) is 0 Å². The largest absolute Gasteiger partial charge is 0.476 e. The van der Waals surface area contributed by atoms with E-state index in [-0.39, 0.29) is 11.8 Å². The van der Waals surface area contributed by atoms with Gasteiger partial charge in [-0.25, -0.2) is 4.99 Å². The van der Waals surface area contributed by atoms with E-state index >= 15 is 0 Å². The van der Waals surface area contributed by atoms with Crippen LogP contribution in [0.5, 0.6) is 5.75 Å². The van der Waals surface area contributed by atoms with Gasteiger partial charge >= 0.3 is 0 Å². The third kappa shape index (κ3) is 4.30. The number of carbonyl (C=O) groups excluding carboxylic acids is 2. The molecule has 2 aliphatic heterocycles. The van der Waals surface area contributed by atoms with Crippen LogP contribution in [0.3, 0.4) is 0 Å². The van der Waals surface area contributed by atoms with Crippen LogP contribution in [-0.4, -0.2) is 61.5 Å². The van der Waals surface area contributed by atoms with Crippen molar-refractivity contribution in [3.05, 3.63) is 12.1 Å². The van der Waals surface area contributed by atoms with Gasteiger partial charge in [0.05, 0.1) is 36.6 Å². The van der Waals surface area contributed by atoms with E-state index in [9.17, 15) is 9.59 Å². The number of hydrogen-bond donors (Lipinski definition) is 3. The predicted molar refractivity (Wildman–Crippen MR) is 103 cm³/mol. The predicted octanol–water partition coefficient (Wildman–Crippen LogP) is 1.08. The fraction of sp³-hybridized carbons (Fsp3) is 0.500. The zero-order valence-corrected chi connectivity index (χ0v) is 15.6. The molecule has 2 amide bonds. The van der Waals surface area contributed by atoms with Crippen molar-refractivity contribution in [2.45, 2.75) is 25.9 Å². The van der Waals surface area contributed by atoms with Crippen molar-refractivity contribution in [3.8, 4) is 5.75 Å². The number of nitrogens with zero attached hydrogens (tertiary/aromatic N) is 2. The molecule has 1 aromatic carbocycles. The smallest absolute Gasteiger partial charge is 0.268 e. The summed E-state index contributed by atoms with van der Waals surface area (Å²) in [4.78, 5) is 30.3. The Labute approximate surface area is 157 Å². The highest BCUT2D eigenvalue weighted by Gasteiger charge is 2.35. The van der Waals surface area contributed by atoms with E-state index in [1.807, 2.05) is 0 Å². The van der Waals surface area contributed by atoms with Crippen molar-refractivity contribution in [3.63, 3.8) is 0 Å². The minimum Gasteiger partial charge on any atom is -0.476 e. The molecule has 9 heteroatoms. The van der Waals surface area contributed by atoms with Crippen molar-refractivity contribution in [1.29, 1.82) is 0 Å². The molecule has 0 bridgehead atoms. The molecule has 4 N–H and O–H groups in total. The van der Waals surface area contributed by atoms with Crippen LogP contribution < -0.4 is 21.1 Å². The summed E-state index contributed by atoms with van der Waals surface area (Å²) < 4.78 is 11.1. The molecular formula is C18H25N5O4. The Hall–Kier alpha value is -2.81. The van der Waals surface area contributed by atoms with Gasteiger partial charge in [-0.05, 0) is 19.9 Å². The number of amides is 2. The maximum atomic E-state index is 12.3. The molecule has 1 fully saturated rings. The Morgan fingerprint density at radius 1 is 1.41 bits per heavy atom. The van der Waals surface area contributed by atoms with Crippen LogP contribution in [0.2, 0.25) is 0 Å². The average Bonchev–Trinajstić information content (AvgIpc) is 2.64. The van der Waals surface area contributed by atoms with Gasteiger partial charge in [0.15, 0.2) is 5.60 Å². The maximum Gasteiger partial charge on any atom is 0.268 e. The summed E-state index contributed by atoms with van der Waals surface area (Å²) in [7, 11) is 0. The van der Waals surface area contributed by atoms with Crippen LogP contribution in [0.15, 0.2) is 17.1 Å². The molecule has 3 rings (SSSR count). The third-order valence-electron chi connectivity index (χ3n) is 4.49. The Kier molecular flexibility index (Phi) is 5.50. The first-order chi connectivity index (χ1) is 12.9. The Balaban J connectivity index is 1.70. The number of morpholine rings is 1. The van der Waals surface area contributed by atoms with Crippen LogP contribution in [0, 0.1) is 0 Å². The second-order valence-electron chi connectivity index (χ2n) is 6.88. The molecule has 0 radical (unpaired) electrons. The molecule has 0 aromatic heterocycles. The van der Waals surface area contributed by atoms with Crippen molar-refractivity contribution in [1.82, 2.24) is 4.90 Å². The number of benzene rings is 1. The van der Waals surface area contributed by atoms with E-state index in [1.54, 1.807) is 30.9 Å². The van der Waals surface area contributed by atoms with Crippen molar-refractivity contribution < 1.29 is 19.1 Å². The summed E-state index contributed by atoms with van der Waals surface area (Å²) in [5.74, 6) is 0.393. The topological polar surface area (TPSA) is 118 Å². The summed E-state index contributed by atoms with van der Waals surface area (Å²) in [6, 6.07) is 3.45. The lowest BCUT2D eigenvalue weighted by Gasteiger charge is -2.32. The molecule has 0 saturated carbocycles. The lowest BCUT2D eigenvalue weighted by Crippen LogP contribution is -2.45. The Bertz CT molecular complexity index is 756. The number of carbonyl (C=O) groups is 2. The monoisotopic (exact) mass is 375 g/mol. The lowest BCUT2D eigenvalue weighted by atomic mass is 10.1. The second kappa shape index (κ2) is 7.83. The van der Waals surface area contributed by atoms with Gasteiger partial charge in [0.2, 0.25) is 5.91 Å². The van der Waals surface area contributed by atoms with E-state index in [1.165, 1.54) is 6.34 Å². The standard InChI is InChI=1S/C18H25N5O4/c1-18(2)17(25)22-14-9-12(21-11-19)13(10-15(14)27-18)20-4-3-16(24)23-5-7-26-8-6-23/h9-11,20H,3-8H2,1-2H3,(H2,19,21)(H,22,25). The van der Waals surface area contributed by atoms with E-state index in [2.05, 4.69) is 15.6 Å². The summed E-state index contributed by atoms with van der Waals surface area (Å²) in [5.41, 5.74) is 6.25. The Morgan fingerprint density at radius 2 is 2.15 bits per heavy atom. The van der Waals surface area contributed by atoms with Crippen molar-refractivity contribution in [2.24, 2.45) is 10.7 Å². The molecular weight excluding hydrogens is 350 g/mol. The average molecular weight is 375 g/mol. The van der Waals surface area contributed by atoms with Crippen LogP contribution in [0.4, 0.5) is 17.1 Å². The zero-order valence-electron chi connectivity index (χ0n) is 15.6. The minimum atomic E-state index is -0.963. The highest BCUT2D eigenvalue weighted by molar-refractivity contribution is 6.01. The lowest BCUT2D eigenvalue weighted by molar-refractivity contribution is -0.135. The number of ether oxygens (including phenoxy) is 2. The van der Waals surface area contributed by atoms with E-state index in [4.69, 9.17) is 15.2 Å². The normalized spacial score (nSPS) is 18.6. The molecule has 2 heterocycles. The molecule has 0 aliphatic carbocycles. The van der Waals surface area contributed by atoms with Gasteiger partial charge in [-0.15, -0.1) is 0 Å². The first-order valence-corrected chi connectivity index (χ1v) is 8.93. The molecule has 1 saturated heterocycles. The van der Waals surface area contributed by atoms with Gasteiger partial charge < -0.3 is 30.7 Å². The summed E-state index contributed by atoms with van der Waals surface area (Å²) in [5, 5.41) is 6.03. The number of nitrogens with two attached hydrogens (primary N) is 1. The molecule has 27 heavy (non-hydrogen) atoms. The minimum absolute atomic E-state index is 0.0808. The summed E-state index contributed by atoms with van der Waals surface area (Å²) in [6.07, 6.45) is 1.53. The van der Waals surface area contributed by atoms with Crippen LogP contribution >= 0.6 is 0 Å². The van der Waals surface area contributed by atoms with E-state index in [0.29, 0.717) is 62.1 Å². The fourth-order valence-electron chi connectivity index (χ4n) is 2.95. The number of anilines is 2.